The molecule has 152 valence electrons. The second-order valence-electron chi connectivity index (χ2n) is 6.54. The molecule has 3 rings (SSSR count). The molecule has 0 saturated heterocycles. The van der Waals surface area contributed by atoms with Crippen LogP contribution < -0.4 is 14.8 Å². The highest BCUT2D eigenvalue weighted by atomic mass is 35.5. The number of nitrogens with one attached hydrogen (secondary N) is 2. The van der Waals surface area contributed by atoms with Gasteiger partial charge in [-0.2, -0.15) is 0 Å². The van der Waals surface area contributed by atoms with Crippen molar-refractivity contribution < 1.29 is 17.9 Å². The maximum absolute atomic E-state index is 12.7. The molecular weight excluding hydrogens is 412 g/mol. The molecule has 29 heavy (non-hydrogen) atoms. The van der Waals surface area contributed by atoms with Gasteiger partial charge in [0.1, 0.15) is 5.75 Å². The number of methoxy groups -OCH3 is 1. The van der Waals surface area contributed by atoms with Crippen LogP contribution in [0.1, 0.15) is 18.1 Å². The van der Waals surface area contributed by atoms with Crippen LogP contribution in [0.2, 0.25) is 5.02 Å². The maximum atomic E-state index is 12.7. The summed E-state index contributed by atoms with van der Waals surface area (Å²) in [6, 6.07) is 12.6. The van der Waals surface area contributed by atoms with E-state index in [0.717, 1.165) is 21.9 Å². The van der Waals surface area contributed by atoms with E-state index in [2.05, 4.69) is 10.0 Å². The van der Waals surface area contributed by atoms with Gasteiger partial charge in [0, 0.05) is 10.7 Å². The second kappa shape index (κ2) is 8.31. The van der Waals surface area contributed by atoms with Crippen LogP contribution >= 0.6 is 11.6 Å². The van der Waals surface area contributed by atoms with Crippen LogP contribution in [-0.4, -0.2) is 21.6 Å². The Kier molecular flexibility index (Phi) is 6.00. The normalized spacial score (nSPS) is 11.3. The Hall–Kier alpha value is -2.77. The molecule has 0 radical (unpaired) electrons. The Morgan fingerprint density at radius 3 is 2.45 bits per heavy atom. The van der Waals surface area contributed by atoms with Crippen molar-refractivity contribution in [2.45, 2.75) is 25.2 Å². The first kappa shape index (κ1) is 21.0. The molecule has 3 aromatic rings. The van der Waals surface area contributed by atoms with E-state index in [4.69, 9.17) is 16.3 Å². The zero-order chi connectivity index (χ0) is 21.2. The number of fused-ring (bicyclic) bond motifs is 1. The van der Waals surface area contributed by atoms with Gasteiger partial charge in [0.2, 0.25) is 0 Å². The first-order valence-electron chi connectivity index (χ1n) is 8.94. The molecular formula is C21H21ClN2O4S. The average Bonchev–Trinajstić information content (AvgIpc) is 2.68. The largest absolute Gasteiger partial charge is 0.497 e. The number of hydrogen-bond acceptors (Lipinski definition) is 4. The average molecular weight is 433 g/mol. The summed E-state index contributed by atoms with van der Waals surface area (Å²) in [6.45, 7) is 3.72. The van der Waals surface area contributed by atoms with Crippen molar-refractivity contribution in [1.29, 1.82) is 0 Å². The first-order valence-corrected chi connectivity index (χ1v) is 10.8. The van der Waals surface area contributed by atoms with Crippen molar-refractivity contribution in [3.63, 3.8) is 0 Å². The number of rotatable bonds is 5. The highest BCUT2D eigenvalue weighted by molar-refractivity contribution is 7.90. The van der Waals surface area contributed by atoms with Gasteiger partial charge in [0.05, 0.1) is 12.0 Å². The predicted octanol–water partition coefficient (Wildman–Crippen LogP) is 4.88. The maximum Gasteiger partial charge on any atom is 0.333 e. The minimum Gasteiger partial charge on any atom is -0.497 e. The molecule has 3 aromatic carbocycles. The first-order chi connectivity index (χ1) is 13.7. The van der Waals surface area contributed by atoms with Crippen LogP contribution in [0.15, 0.2) is 53.4 Å². The topological polar surface area (TPSA) is 84.5 Å². The van der Waals surface area contributed by atoms with Gasteiger partial charge in [-0.05, 0) is 71.6 Å². The number of amides is 2. The molecule has 8 heteroatoms. The molecule has 0 fully saturated rings. The Labute approximate surface area is 174 Å². The summed E-state index contributed by atoms with van der Waals surface area (Å²) in [5, 5.41) is 4.74. The molecule has 0 aliphatic carbocycles. The number of urea groups is 1. The number of ether oxygens (including phenoxy) is 1. The third-order valence-electron chi connectivity index (χ3n) is 4.56. The van der Waals surface area contributed by atoms with Gasteiger partial charge in [-0.1, -0.05) is 30.7 Å². The molecule has 0 atom stereocenters. The Bertz CT molecular complexity index is 1190. The van der Waals surface area contributed by atoms with Crippen LogP contribution in [0.3, 0.4) is 0 Å². The molecule has 2 N–H and O–H groups in total. The number of sulfonamides is 1. The predicted molar refractivity (Wildman–Crippen MR) is 115 cm³/mol. The van der Waals surface area contributed by atoms with Gasteiger partial charge < -0.3 is 10.1 Å². The number of aryl methyl sites for hydroxylation is 2. The fraction of sp³-hybridized carbons (Fsp3) is 0.190. The van der Waals surface area contributed by atoms with E-state index in [1.54, 1.807) is 44.4 Å². The zero-order valence-corrected chi connectivity index (χ0v) is 17.8. The third-order valence-corrected chi connectivity index (χ3v) is 6.10. The molecule has 0 aliphatic heterocycles. The van der Waals surface area contributed by atoms with Crippen LogP contribution in [0.4, 0.5) is 10.5 Å². The number of carbonyl (C=O) groups excluding carboxylic acids is 1. The molecule has 0 bridgehead atoms. The smallest absolute Gasteiger partial charge is 0.333 e. The summed E-state index contributed by atoms with van der Waals surface area (Å²) in [6.07, 6.45) is 0.637. The number of halogens is 1. The van der Waals surface area contributed by atoms with Crippen molar-refractivity contribution in [2.24, 2.45) is 0 Å². The quantitative estimate of drug-likeness (QED) is 0.601. The summed E-state index contributed by atoms with van der Waals surface area (Å²) < 4.78 is 32.6. The number of benzene rings is 3. The lowest BCUT2D eigenvalue weighted by molar-refractivity contribution is 0.256. The molecule has 6 nitrogen and oxygen atoms in total. The van der Waals surface area contributed by atoms with Crippen LogP contribution in [0, 0.1) is 6.92 Å². The highest BCUT2D eigenvalue weighted by Gasteiger charge is 2.19. The number of anilines is 1. The molecule has 0 aromatic heterocycles. The van der Waals surface area contributed by atoms with Crippen molar-refractivity contribution in [3.05, 3.63) is 64.7 Å². The van der Waals surface area contributed by atoms with E-state index < -0.39 is 16.1 Å². The summed E-state index contributed by atoms with van der Waals surface area (Å²) in [5.74, 6) is 0.677. The van der Waals surface area contributed by atoms with Crippen LogP contribution in [-0.2, 0) is 16.4 Å². The zero-order valence-electron chi connectivity index (χ0n) is 16.2. The minimum absolute atomic E-state index is 0.00569. The fourth-order valence-electron chi connectivity index (χ4n) is 3.09. The number of carbonyl (C=O) groups is 1. The minimum atomic E-state index is -4.05. The lowest BCUT2D eigenvalue weighted by Crippen LogP contribution is -2.34. The van der Waals surface area contributed by atoms with Crippen molar-refractivity contribution in [2.75, 3.05) is 12.4 Å². The molecule has 0 spiro atoms. The standard InChI is InChI=1S/C21H21ClN2O4S/c1-4-14-10-17(22)9-13(2)20(14)23-21(25)24-29(26,27)19-8-6-15-11-18(28-3)7-5-16(15)12-19/h5-12H,4H2,1-3H3,(H2,23,24,25). The Morgan fingerprint density at radius 1 is 1.07 bits per heavy atom. The summed E-state index contributed by atoms with van der Waals surface area (Å²) >= 11 is 6.06. The van der Waals surface area contributed by atoms with Crippen LogP contribution in [0.25, 0.3) is 10.8 Å². The van der Waals surface area contributed by atoms with Crippen molar-refractivity contribution >= 4 is 44.1 Å². The van der Waals surface area contributed by atoms with Gasteiger partial charge >= 0.3 is 6.03 Å². The van der Waals surface area contributed by atoms with E-state index in [1.807, 2.05) is 13.0 Å². The summed E-state index contributed by atoms with van der Waals surface area (Å²) in [4.78, 5) is 12.4. The van der Waals surface area contributed by atoms with E-state index in [9.17, 15) is 13.2 Å². The van der Waals surface area contributed by atoms with Crippen LogP contribution in [0.5, 0.6) is 5.75 Å². The van der Waals surface area contributed by atoms with Gasteiger partial charge in [0.15, 0.2) is 0 Å². The lowest BCUT2D eigenvalue weighted by atomic mass is 10.1. The van der Waals surface area contributed by atoms with Gasteiger partial charge in [0.25, 0.3) is 10.0 Å². The second-order valence-corrected chi connectivity index (χ2v) is 8.66. The SMILES string of the molecule is CCc1cc(Cl)cc(C)c1NC(=O)NS(=O)(=O)c1ccc2cc(OC)ccc2c1. The van der Waals surface area contributed by atoms with Gasteiger partial charge in [-0.3, -0.25) is 0 Å². The highest BCUT2D eigenvalue weighted by Crippen LogP contribution is 2.27. The van der Waals surface area contributed by atoms with Crippen molar-refractivity contribution in [1.82, 2.24) is 4.72 Å². The van der Waals surface area contributed by atoms with Gasteiger partial charge in [-0.25, -0.2) is 17.9 Å². The Morgan fingerprint density at radius 2 is 1.76 bits per heavy atom. The molecule has 2 amide bonds. The summed E-state index contributed by atoms with van der Waals surface area (Å²) in [7, 11) is -2.48. The van der Waals surface area contributed by atoms with E-state index in [1.165, 1.54) is 12.1 Å². The van der Waals surface area contributed by atoms with E-state index >= 15 is 0 Å². The molecule has 0 heterocycles. The third kappa shape index (κ3) is 4.63. The van der Waals surface area contributed by atoms with E-state index in [0.29, 0.717) is 22.9 Å². The molecule has 0 saturated carbocycles. The fourth-order valence-corrected chi connectivity index (χ4v) is 4.32. The monoisotopic (exact) mass is 432 g/mol. The summed E-state index contributed by atoms with van der Waals surface area (Å²) in [5.41, 5.74) is 2.12. The van der Waals surface area contributed by atoms with Crippen molar-refractivity contribution in [3.8, 4) is 5.75 Å². The Balaban J connectivity index is 1.84. The van der Waals surface area contributed by atoms with Gasteiger partial charge in [-0.15, -0.1) is 0 Å². The molecule has 0 aliphatic rings. The van der Waals surface area contributed by atoms with E-state index in [-0.39, 0.29) is 4.90 Å². The lowest BCUT2D eigenvalue weighted by Gasteiger charge is -2.15. The number of hydrogen-bond donors (Lipinski definition) is 2. The molecule has 0 unspecified atom stereocenters.